The van der Waals surface area contributed by atoms with E-state index < -0.39 is 5.91 Å². The van der Waals surface area contributed by atoms with E-state index in [1.165, 1.54) is 0 Å². The number of benzene rings is 2. The normalized spacial score (nSPS) is 10.5. The van der Waals surface area contributed by atoms with E-state index in [4.69, 9.17) is 11.5 Å². The molecule has 0 spiro atoms. The second-order valence-electron chi connectivity index (χ2n) is 4.64. The van der Waals surface area contributed by atoms with Crippen molar-refractivity contribution in [3.63, 3.8) is 0 Å². The van der Waals surface area contributed by atoms with Crippen molar-refractivity contribution >= 4 is 11.6 Å². The highest BCUT2D eigenvalue weighted by atomic mass is 16.1. The maximum absolute atomic E-state index is 11.3. The topological polar surface area (TPSA) is 86.9 Å². The zero-order valence-electron chi connectivity index (χ0n) is 11.2. The molecule has 0 fully saturated rings. The Hall–Kier alpha value is -3.08. The average Bonchev–Trinajstić information content (AvgIpc) is 2.98. The van der Waals surface area contributed by atoms with Gasteiger partial charge in [0.15, 0.2) is 0 Å². The van der Waals surface area contributed by atoms with Crippen LogP contribution in [-0.2, 0) is 0 Å². The van der Waals surface area contributed by atoms with Gasteiger partial charge in [-0.25, -0.2) is 4.68 Å². The SMILES string of the molecule is NC(=O)c1cccc(-n2cc(-c3ccccc3)cn2)c1N. The molecule has 0 saturated heterocycles. The molecule has 3 aromatic rings. The van der Waals surface area contributed by atoms with Gasteiger partial charge in [-0.3, -0.25) is 4.79 Å². The molecule has 0 atom stereocenters. The smallest absolute Gasteiger partial charge is 0.250 e. The summed E-state index contributed by atoms with van der Waals surface area (Å²) in [7, 11) is 0. The van der Waals surface area contributed by atoms with Gasteiger partial charge in [0, 0.05) is 11.8 Å². The fraction of sp³-hybridized carbons (Fsp3) is 0. The Kier molecular flexibility index (Phi) is 3.16. The van der Waals surface area contributed by atoms with Crippen LogP contribution in [0.2, 0.25) is 0 Å². The highest BCUT2D eigenvalue weighted by Crippen LogP contribution is 2.24. The first-order valence-corrected chi connectivity index (χ1v) is 6.45. The van der Waals surface area contributed by atoms with E-state index in [0.717, 1.165) is 11.1 Å². The largest absolute Gasteiger partial charge is 0.396 e. The van der Waals surface area contributed by atoms with Gasteiger partial charge in [-0.15, -0.1) is 0 Å². The van der Waals surface area contributed by atoms with Gasteiger partial charge in [0.05, 0.1) is 23.1 Å². The number of aromatic nitrogens is 2. The number of hydrogen-bond acceptors (Lipinski definition) is 3. The molecule has 4 N–H and O–H groups in total. The molecular formula is C16H14N4O. The quantitative estimate of drug-likeness (QED) is 0.720. The van der Waals surface area contributed by atoms with Gasteiger partial charge in [0.25, 0.3) is 5.91 Å². The second kappa shape index (κ2) is 5.13. The number of nitrogens with zero attached hydrogens (tertiary/aromatic N) is 2. The lowest BCUT2D eigenvalue weighted by Crippen LogP contribution is -2.15. The molecule has 104 valence electrons. The Balaban J connectivity index is 2.05. The third kappa shape index (κ3) is 2.36. The summed E-state index contributed by atoms with van der Waals surface area (Å²) in [6, 6.07) is 15.0. The van der Waals surface area contributed by atoms with Crippen LogP contribution in [0.1, 0.15) is 10.4 Å². The van der Waals surface area contributed by atoms with Gasteiger partial charge < -0.3 is 11.5 Å². The lowest BCUT2D eigenvalue weighted by atomic mass is 10.1. The molecule has 0 aliphatic carbocycles. The highest BCUT2D eigenvalue weighted by Gasteiger charge is 2.12. The first-order chi connectivity index (χ1) is 10.2. The minimum Gasteiger partial charge on any atom is -0.396 e. The molecule has 0 bridgehead atoms. The van der Waals surface area contributed by atoms with Crippen LogP contribution in [0.5, 0.6) is 0 Å². The Bertz CT molecular complexity index is 793. The van der Waals surface area contributed by atoms with Crippen molar-refractivity contribution < 1.29 is 4.79 Å². The molecule has 0 aliphatic rings. The monoisotopic (exact) mass is 278 g/mol. The standard InChI is InChI=1S/C16H14N4O/c17-15-13(16(18)21)7-4-8-14(15)20-10-12(9-19-20)11-5-2-1-3-6-11/h1-10H,17H2,(H2,18,21). The second-order valence-corrected chi connectivity index (χ2v) is 4.64. The van der Waals surface area contributed by atoms with Crippen LogP contribution in [0.3, 0.4) is 0 Å². The summed E-state index contributed by atoms with van der Waals surface area (Å²) >= 11 is 0. The van der Waals surface area contributed by atoms with Gasteiger partial charge in [-0.05, 0) is 17.7 Å². The van der Waals surface area contributed by atoms with E-state index in [1.54, 1.807) is 29.1 Å². The molecule has 0 saturated carbocycles. The van der Waals surface area contributed by atoms with Gasteiger partial charge in [-0.1, -0.05) is 36.4 Å². The molecule has 1 aromatic heterocycles. The maximum atomic E-state index is 11.3. The Morgan fingerprint density at radius 1 is 1.00 bits per heavy atom. The predicted octanol–water partition coefficient (Wildman–Crippen LogP) is 2.22. The lowest BCUT2D eigenvalue weighted by Gasteiger charge is -2.08. The van der Waals surface area contributed by atoms with Crippen LogP contribution in [0.15, 0.2) is 60.9 Å². The maximum Gasteiger partial charge on any atom is 0.250 e. The summed E-state index contributed by atoms with van der Waals surface area (Å²) in [5.74, 6) is -0.551. The number of rotatable bonds is 3. The Labute approximate surface area is 121 Å². The number of nitrogens with two attached hydrogens (primary N) is 2. The van der Waals surface area contributed by atoms with Crippen LogP contribution in [-0.4, -0.2) is 15.7 Å². The number of hydrogen-bond donors (Lipinski definition) is 2. The molecule has 2 aromatic carbocycles. The van der Waals surface area contributed by atoms with Gasteiger partial charge in [0.1, 0.15) is 0 Å². The Morgan fingerprint density at radius 3 is 2.48 bits per heavy atom. The van der Waals surface area contributed by atoms with E-state index in [9.17, 15) is 4.79 Å². The van der Waals surface area contributed by atoms with Crippen molar-refractivity contribution in [1.29, 1.82) is 0 Å². The van der Waals surface area contributed by atoms with Gasteiger partial charge >= 0.3 is 0 Å². The van der Waals surface area contributed by atoms with E-state index in [-0.39, 0.29) is 0 Å². The van der Waals surface area contributed by atoms with E-state index in [1.807, 2.05) is 36.5 Å². The zero-order valence-corrected chi connectivity index (χ0v) is 11.2. The third-order valence-electron chi connectivity index (χ3n) is 3.29. The van der Waals surface area contributed by atoms with Crippen molar-refractivity contribution in [1.82, 2.24) is 9.78 Å². The summed E-state index contributed by atoms with van der Waals surface area (Å²) in [5, 5.41) is 4.31. The zero-order chi connectivity index (χ0) is 14.8. The van der Waals surface area contributed by atoms with Crippen molar-refractivity contribution in [2.24, 2.45) is 5.73 Å². The van der Waals surface area contributed by atoms with Crippen molar-refractivity contribution in [2.75, 3.05) is 5.73 Å². The molecule has 5 nitrogen and oxygen atoms in total. The predicted molar refractivity (Wildman–Crippen MR) is 81.9 cm³/mol. The fourth-order valence-electron chi connectivity index (χ4n) is 2.20. The summed E-state index contributed by atoms with van der Waals surface area (Å²) in [6.07, 6.45) is 3.62. The fourth-order valence-corrected chi connectivity index (χ4v) is 2.20. The molecule has 0 radical (unpaired) electrons. The lowest BCUT2D eigenvalue weighted by molar-refractivity contribution is 0.100. The summed E-state index contributed by atoms with van der Waals surface area (Å²) in [5.41, 5.74) is 14.6. The van der Waals surface area contributed by atoms with E-state index >= 15 is 0 Å². The number of amides is 1. The van der Waals surface area contributed by atoms with E-state index in [0.29, 0.717) is 16.9 Å². The highest BCUT2D eigenvalue weighted by molar-refractivity contribution is 5.99. The molecular weight excluding hydrogens is 264 g/mol. The van der Waals surface area contributed by atoms with Crippen LogP contribution in [0.25, 0.3) is 16.8 Å². The molecule has 21 heavy (non-hydrogen) atoms. The molecule has 5 heteroatoms. The third-order valence-corrected chi connectivity index (χ3v) is 3.29. The number of nitrogen functional groups attached to an aromatic ring is 1. The first kappa shape index (κ1) is 12.9. The molecule has 1 amide bonds. The van der Waals surface area contributed by atoms with Crippen LogP contribution in [0, 0.1) is 0 Å². The number of para-hydroxylation sites is 1. The first-order valence-electron chi connectivity index (χ1n) is 6.45. The summed E-state index contributed by atoms with van der Waals surface area (Å²) in [6.45, 7) is 0. The number of carbonyl (C=O) groups excluding carboxylic acids is 1. The number of anilines is 1. The van der Waals surface area contributed by atoms with Crippen molar-refractivity contribution in [3.05, 3.63) is 66.5 Å². The minimum absolute atomic E-state index is 0.296. The summed E-state index contributed by atoms with van der Waals surface area (Å²) in [4.78, 5) is 11.3. The minimum atomic E-state index is -0.551. The average molecular weight is 278 g/mol. The molecule has 1 heterocycles. The van der Waals surface area contributed by atoms with Crippen molar-refractivity contribution in [3.8, 4) is 16.8 Å². The number of carbonyl (C=O) groups is 1. The van der Waals surface area contributed by atoms with Gasteiger partial charge in [-0.2, -0.15) is 5.10 Å². The van der Waals surface area contributed by atoms with Gasteiger partial charge in [0.2, 0.25) is 0 Å². The van der Waals surface area contributed by atoms with Crippen molar-refractivity contribution in [2.45, 2.75) is 0 Å². The van der Waals surface area contributed by atoms with E-state index in [2.05, 4.69) is 5.10 Å². The molecule has 0 unspecified atom stereocenters. The Morgan fingerprint density at radius 2 is 1.76 bits per heavy atom. The van der Waals surface area contributed by atoms with Crippen LogP contribution < -0.4 is 11.5 Å². The molecule has 3 rings (SSSR count). The van der Waals surface area contributed by atoms with Crippen LogP contribution >= 0.6 is 0 Å². The van der Waals surface area contributed by atoms with Crippen LogP contribution in [0.4, 0.5) is 5.69 Å². The summed E-state index contributed by atoms with van der Waals surface area (Å²) < 4.78 is 1.64. The molecule has 0 aliphatic heterocycles. The number of primary amides is 1.